The van der Waals surface area contributed by atoms with Gasteiger partial charge in [-0.25, -0.2) is 8.42 Å². The van der Waals surface area contributed by atoms with Crippen LogP contribution in [0.3, 0.4) is 0 Å². The van der Waals surface area contributed by atoms with Crippen molar-refractivity contribution in [3.05, 3.63) is 39.9 Å². The molecule has 1 aliphatic heterocycles. The third-order valence-corrected chi connectivity index (χ3v) is 7.98. The highest BCUT2D eigenvalue weighted by molar-refractivity contribution is 7.89. The monoisotopic (exact) mass is 444 g/mol. The van der Waals surface area contributed by atoms with E-state index in [1.54, 1.807) is 6.07 Å². The molecule has 28 heavy (non-hydrogen) atoms. The van der Waals surface area contributed by atoms with Gasteiger partial charge in [-0.1, -0.05) is 34.9 Å². The minimum absolute atomic E-state index is 0.00744. The van der Waals surface area contributed by atoms with Crippen molar-refractivity contribution in [2.75, 3.05) is 19.6 Å². The Morgan fingerprint density at radius 3 is 2.79 bits per heavy atom. The zero-order valence-corrected chi connectivity index (χ0v) is 18.1. The molecule has 1 aliphatic carbocycles. The van der Waals surface area contributed by atoms with Gasteiger partial charge in [0.25, 0.3) is 0 Å². The lowest BCUT2D eigenvalue weighted by molar-refractivity contribution is -0.126. The molecule has 0 radical (unpaired) electrons. The number of rotatable bonds is 6. The van der Waals surface area contributed by atoms with Crippen molar-refractivity contribution in [1.29, 1.82) is 0 Å². The predicted molar refractivity (Wildman–Crippen MR) is 112 cm³/mol. The molecule has 0 bridgehead atoms. The quantitative estimate of drug-likeness (QED) is 0.660. The molecule has 5 nitrogen and oxygen atoms in total. The molecule has 0 saturated carbocycles. The van der Waals surface area contributed by atoms with E-state index in [9.17, 15) is 13.2 Å². The smallest absolute Gasteiger partial charge is 0.244 e. The lowest BCUT2D eigenvalue weighted by Crippen LogP contribution is -2.45. The average molecular weight is 445 g/mol. The van der Waals surface area contributed by atoms with Crippen molar-refractivity contribution in [3.63, 3.8) is 0 Å². The molecule has 1 amide bonds. The molecule has 0 spiro atoms. The zero-order chi connectivity index (χ0) is 20.1. The normalized spacial score (nSPS) is 21.2. The summed E-state index contributed by atoms with van der Waals surface area (Å²) in [6, 6.07) is 4.39. The van der Waals surface area contributed by atoms with Crippen molar-refractivity contribution >= 4 is 39.1 Å². The fourth-order valence-corrected chi connectivity index (χ4v) is 6.07. The van der Waals surface area contributed by atoms with E-state index in [0.717, 1.165) is 19.3 Å². The molecule has 0 unspecified atom stereocenters. The molecule has 154 valence electrons. The molecule has 0 aromatic heterocycles. The zero-order valence-electron chi connectivity index (χ0n) is 15.8. The van der Waals surface area contributed by atoms with E-state index < -0.39 is 10.0 Å². The number of piperidine rings is 1. The number of hydrogen-bond acceptors (Lipinski definition) is 3. The molecule has 1 fully saturated rings. The van der Waals surface area contributed by atoms with E-state index in [-0.39, 0.29) is 28.3 Å². The fourth-order valence-electron chi connectivity index (χ4n) is 3.81. The summed E-state index contributed by atoms with van der Waals surface area (Å²) in [7, 11) is -3.79. The third-order valence-electron chi connectivity index (χ3n) is 5.40. The molecule has 1 heterocycles. The highest BCUT2D eigenvalue weighted by Crippen LogP contribution is 2.30. The maximum atomic E-state index is 13.0. The van der Waals surface area contributed by atoms with Crippen molar-refractivity contribution in [1.82, 2.24) is 9.62 Å². The molecule has 2 aliphatic rings. The largest absolute Gasteiger partial charge is 0.356 e. The van der Waals surface area contributed by atoms with Crippen LogP contribution in [0.15, 0.2) is 34.7 Å². The summed E-state index contributed by atoms with van der Waals surface area (Å²) in [6.45, 7) is 1.15. The molecule has 1 aromatic carbocycles. The van der Waals surface area contributed by atoms with Crippen LogP contribution in [0, 0.1) is 5.92 Å². The highest BCUT2D eigenvalue weighted by Gasteiger charge is 2.34. The summed E-state index contributed by atoms with van der Waals surface area (Å²) in [6.07, 6.45) is 9.19. The SMILES string of the molecule is O=C(NCCC1=CCCCC1)[C@@H]1CCCN(S(=O)(=O)c2cc(Cl)ccc2Cl)C1. The Morgan fingerprint density at radius 1 is 1.21 bits per heavy atom. The van der Waals surface area contributed by atoms with Crippen LogP contribution in [0.25, 0.3) is 0 Å². The Kier molecular flexibility index (Phi) is 7.42. The van der Waals surface area contributed by atoms with Crippen LogP contribution in [0.4, 0.5) is 0 Å². The maximum absolute atomic E-state index is 13.0. The average Bonchev–Trinajstić information content (AvgIpc) is 2.70. The van der Waals surface area contributed by atoms with Gasteiger partial charge < -0.3 is 5.32 Å². The van der Waals surface area contributed by atoms with E-state index in [0.29, 0.717) is 31.0 Å². The Morgan fingerprint density at radius 2 is 2.04 bits per heavy atom. The van der Waals surface area contributed by atoms with Gasteiger partial charge in [0, 0.05) is 24.7 Å². The molecule has 1 saturated heterocycles. The minimum Gasteiger partial charge on any atom is -0.356 e. The molecule has 1 N–H and O–H groups in total. The summed E-state index contributed by atoms with van der Waals surface area (Å²) in [5.41, 5.74) is 1.41. The minimum atomic E-state index is -3.79. The van der Waals surface area contributed by atoms with E-state index in [4.69, 9.17) is 23.2 Å². The Labute approximate surface area is 177 Å². The number of allylic oxidation sites excluding steroid dienone is 1. The summed E-state index contributed by atoms with van der Waals surface area (Å²) in [4.78, 5) is 12.6. The first-order valence-corrected chi connectivity index (χ1v) is 12.0. The predicted octanol–water partition coefficient (Wildman–Crippen LogP) is 4.40. The number of carbonyl (C=O) groups is 1. The Bertz CT molecular complexity index is 855. The van der Waals surface area contributed by atoms with Crippen molar-refractivity contribution in [2.24, 2.45) is 5.92 Å². The highest BCUT2D eigenvalue weighted by atomic mass is 35.5. The Hall–Kier alpha value is -1.08. The third kappa shape index (κ3) is 5.29. The number of benzene rings is 1. The fraction of sp³-hybridized carbons (Fsp3) is 0.550. The second-order valence-electron chi connectivity index (χ2n) is 7.43. The maximum Gasteiger partial charge on any atom is 0.244 e. The van der Waals surface area contributed by atoms with Gasteiger partial charge in [0.1, 0.15) is 4.90 Å². The summed E-state index contributed by atoms with van der Waals surface area (Å²) >= 11 is 12.0. The molecule has 3 rings (SSSR count). The number of amides is 1. The van der Waals surface area contributed by atoms with E-state index in [1.165, 1.54) is 34.9 Å². The van der Waals surface area contributed by atoms with Gasteiger partial charge in [-0.2, -0.15) is 4.31 Å². The number of hydrogen-bond donors (Lipinski definition) is 1. The van der Waals surface area contributed by atoms with Crippen LogP contribution in [0.2, 0.25) is 10.0 Å². The van der Waals surface area contributed by atoms with Crippen LogP contribution < -0.4 is 5.32 Å². The van der Waals surface area contributed by atoms with Crippen LogP contribution in [0.1, 0.15) is 44.9 Å². The second kappa shape index (κ2) is 9.61. The van der Waals surface area contributed by atoms with E-state index >= 15 is 0 Å². The van der Waals surface area contributed by atoms with Gasteiger partial charge in [-0.3, -0.25) is 4.79 Å². The number of carbonyl (C=O) groups excluding carboxylic acids is 1. The molecule has 1 atom stereocenters. The van der Waals surface area contributed by atoms with Gasteiger partial charge >= 0.3 is 0 Å². The molecular weight excluding hydrogens is 419 g/mol. The number of nitrogens with one attached hydrogen (secondary N) is 1. The molecule has 8 heteroatoms. The topological polar surface area (TPSA) is 66.5 Å². The second-order valence-corrected chi connectivity index (χ2v) is 10.2. The van der Waals surface area contributed by atoms with Crippen LogP contribution in [0.5, 0.6) is 0 Å². The first kappa shape index (κ1) is 21.6. The molecular formula is C20H26Cl2N2O3S. The van der Waals surface area contributed by atoms with Gasteiger partial charge in [-0.15, -0.1) is 0 Å². The van der Waals surface area contributed by atoms with Gasteiger partial charge in [0.2, 0.25) is 15.9 Å². The van der Waals surface area contributed by atoms with Gasteiger partial charge in [0.05, 0.1) is 10.9 Å². The van der Waals surface area contributed by atoms with Crippen molar-refractivity contribution < 1.29 is 13.2 Å². The first-order valence-electron chi connectivity index (χ1n) is 9.79. The van der Waals surface area contributed by atoms with Crippen LogP contribution in [-0.4, -0.2) is 38.3 Å². The summed E-state index contributed by atoms with van der Waals surface area (Å²) < 4.78 is 27.3. The lowest BCUT2D eigenvalue weighted by Gasteiger charge is -2.31. The van der Waals surface area contributed by atoms with Crippen LogP contribution in [-0.2, 0) is 14.8 Å². The number of nitrogens with zero attached hydrogens (tertiary/aromatic N) is 1. The van der Waals surface area contributed by atoms with Gasteiger partial charge in [-0.05, 0) is 63.1 Å². The molecule has 1 aromatic rings. The van der Waals surface area contributed by atoms with E-state index in [2.05, 4.69) is 11.4 Å². The number of halogens is 2. The van der Waals surface area contributed by atoms with Crippen molar-refractivity contribution in [3.8, 4) is 0 Å². The lowest BCUT2D eigenvalue weighted by atomic mass is 9.96. The summed E-state index contributed by atoms with van der Waals surface area (Å²) in [5, 5.41) is 3.43. The first-order chi connectivity index (χ1) is 13.4. The van der Waals surface area contributed by atoms with Gasteiger partial charge in [0.15, 0.2) is 0 Å². The number of sulfonamides is 1. The van der Waals surface area contributed by atoms with Crippen molar-refractivity contribution in [2.45, 2.75) is 49.8 Å². The van der Waals surface area contributed by atoms with E-state index in [1.807, 2.05) is 0 Å². The van der Waals surface area contributed by atoms with Crippen LogP contribution >= 0.6 is 23.2 Å². The standard InChI is InChI=1S/C20H26Cl2N2O3S/c21-17-8-9-18(22)19(13-17)28(26,27)24-12-4-7-16(14-24)20(25)23-11-10-15-5-2-1-3-6-15/h5,8-9,13,16H,1-4,6-7,10-12,14H2,(H,23,25)/t16-/m1/s1. The Balaban J connectivity index is 1.60. The summed E-state index contributed by atoms with van der Waals surface area (Å²) in [5.74, 6) is -0.421.